The fraction of sp³-hybridized carbons (Fsp3) is 0.273. The number of halogens is 1. The normalized spacial score (nSPS) is 11.3. The third kappa shape index (κ3) is 3.67. The van der Waals surface area contributed by atoms with Crippen LogP contribution in [0.3, 0.4) is 0 Å². The largest absolute Gasteiger partial charge is 0.481 e. The topological polar surface area (TPSA) is 98.5 Å². The fourth-order valence-corrected chi connectivity index (χ4v) is 2.66. The van der Waals surface area contributed by atoms with Gasteiger partial charge in [-0.1, -0.05) is 11.6 Å². The predicted octanol–water partition coefficient (Wildman–Crippen LogP) is 1.31. The van der Waals surface area contributed by atoms with Crippen molar-refractivity contribution in [3.05, 3.63) is 28.8 Å². The predicted molar refractivity (Wildman–Crippen MR) is 68.2 cm³/mol. The van der Waals surface area contributed by atoms with Crippen LogP contribution in [0.15, 0.2) is 23.1 Å². The SMILES string of the molecule is CN(CCC(=O)O)S(=O)(=O)c1ccc(Cl)c(C#N)c1. The number of aliphatic carboxylic acids is 1. The smallest absolute Gasteiger partial charge is 0.304 e. The number of hydrogen-bond acceptors (Lipinski definition) is 4. The Kier molecular flexibility index (Phi) is 4.89. The highest BCUT2D eigenvalue weighted by molar-refractivity contribution is 7.89. The van der Waals surface area contributed by atoms with Gasteiger partial charge in [0.25, 0.3) is 0 Å². The summed E-state index contributed by atoms with van der Waals surface area (Å²) >= 11 is 5.72. The van der Waals surface area contributed by atoms with E-state index in [9.17, 15) is 13.2 Å². The molecule has 0 aliphatic rings. The van der Waals surface area contributed by atoms with Gasteiger partial charge in [0, 0.05) is 13.6 Å². The van der Waals surface area contributed by atoms with Crippen molar-refractivity contribution in [3.63, 3.8) is 0 Å². The first-order valence-corrected chi connectivity index (χ1v) is 6.98. The van der Waals surface area contributed by atoms with Crippen molar-refractivity contribution in [3.8, 4) is 6.07 Å². The zero-order valence-electron chi connectivity index (χ0n) is 10.00. The summed E-state index contributed by atoms with van der Waals surface area (Å²) in [5.41, 5.74) is 0.0503. The van der Waals surface area contributed by atoms with Gasteiger partial charge in [-0.3, -0.25) is 4.79 Å². The summed E-state index contributed by atoms with van der Waals surface area (Å²) in [6, 6.07) is 5.54. The van der Waals surface area contributed by atoms with Gasteiger partial charge in [0.05, 0.1) is 21.9 Å². The minimum atomic E-state index is -3.82. The van der Waals surface area contributed by atoms with Crippen LogP contribution < -0.4 is 0 Å². The molecule has 102 valence electrons. The lowest BCUT2D eigenvalue weighted by atomic mass is 10.2. The molecule has 0 aliphatic carbocycles. The van der Waals surface area contributed by atoms with E-state index in [1.54, 1.807) is 6.07 Å². The van der Waals surface area contributed by atoms with Gasteiger partial charge in [-0.2, -0.15) is 5.26 Å². The molecule has 0 saturated carbocycles. The van der Waals surface area contributed by atoms with E-state index >= 15 is 0 Å². The van der Waals surface area contributed by atoms with Crippen LogP contribution >= 0.6 is 11.6 Å². The van der Waals surface area contributed by atoms with E-state index in [0.717, 1.165) is 10.4 Å². The lowest BCUT2D eigenvalue weighted by Gasteiger charge is -2.16. The Labute approximate surface area is 115 Å². The van der Waals surface area contributed by atoms with E-state index in [4.69, 9.17) is 22.0 Å². The zero-order valence-corrected chi connectivity index (χ0v) is 11.6. The van der Waals surface area contributed by atoms with Crippen LogP contribution in [0.25, 0.3) is 0 Å². The molecular weight excluding hydrogens is 292 g/mol. The molecule has 0 aliphatic heterocycles. The van der Waals surface area contributed by atoms with Crippen LogP contribution in [0, 0.1) is 11.3 Å². The van der Waals surface area contributed by atoms with Gasteiger partial charge in [0.15, 0.2) is 0 Å². The molecule has 0 saturated heterocycles. The number of nitrogens with zero attached hydrogens (tertiary/aromatic N) is 2. The number of sulfonamides is 1. The van der Waals surface area contributed by atoms with Crippen LogP contribution in [-0.4, -0.2) is 37.4 Å². The van der Waals surface area contributed by atoms with Gasteiger partial charge in [-0.05, 0) is 18.2 Å². The highest BCUT2D eigenvalue weighted by atomic mass is 35.5. The molecule has 6 nitrogen and oxygen atoms in total. The molecule has 1 N–H and O–H groups in total. The maximum atomic E-state index is 12.1. The van der Waals surface area contributed by atoms with Crippen molar-refractivity contribution in [2.24, 2.45) is 0 Å². The Morgan fingerprint density at radius 1 is 1.53 bits per heavy atom. The molecular formula is C11H11ClN2O4S. The standard InChI is InChI=1S/C11H11ClN2O4S/c1-14(5-4-11(15)16)19(17,18)9-2-3-10(12)8(6-9)7-13/h2-3,6H,4-5H2,1H3,(H,15,16). The van der Waals surface area contributed by atoms with Crippen molar-refractivity contribution in [1.29, 1.82) is 5.26 Å². The summed E-state index contributed by atoms with van der Waals surface area (Å²) in [4.78, 5) is 10.3. The number of benzene rings is 1. The average molecular weight is 303 g/mol. The second-order valence-electron chi connectivity index (χ2n) is 3.72. The number of carboxylic acids is 1. The molecule has 19 heavy (non-hydrogen) atoms. The van der Waals surface area contributed by atoms with E-state index in [1.165, 1.54) is 19.2 Å². The Bertz CT molecular complexity index is 637. The Morgan fingerprint density at radius 2 is 2.16 bits per heavy atom. The number of carboxylic acid groups (broad SMARTS) is 1. The first-order chi connectivity index (χ1) is 8.78. The van der Waals surface area contributed by atoms with Gasteiger partial charge in [0.2, 0.25) is 10.0 Å². The van der Waals surface area contributed by atoms with E-state index < -0.39 is 16.0 Å². The van der Waals surface area contributed by atoms with Crippen molar-refractivity contribution >= 4 is 27.6 Å². The van der Waals surface area contributed by atoms with Crippen molar-refractivity contribution in [1.82, 2.24) is 4.31 Å². The number of hydrogen-bond donors (Lipinski definition) is 1. The highest BCUT2D eigenvalue weighted by Crippen LogP contribution is 2.21. The summed E-state index contributed by atoms with van der Waals surface area (Å²) in [6.07, 6.45) is -0.297. The molecule has 1 aromatic carbocycles. The van der Waals surface area contributed by atoms with Gasteiger partial charge in [-0.15, -0.1) is 0 Å². The number of carbonyl (C=O) groups is 1. The minimum absolute atomic E-state index is 0.0503. The van der Waals surface area contributed by atoms with Crippen LogP contribution in [0.5, 0.6) is 0 Å². The average Bonchev–Trinajstić information content (AvgIpc) is 2.35. The second-order valence-corrected chi connectivity index (χ2v) is 6.18. The molecule has 0 unspecified atom stereocenters. The number of nitriles is 1. The van der Waals surface area contributed by atoms with Gasteiger partial charge >= 0.3 is 5.97 Å². The Balaban J connectivity index is 3.07. The first-order valence-electron chi connectivity index (χ1n) is 5.17. The van der Waals surface area contributed by atoms with Crippen LogP contribution in [0.2, 0.25) is 5.02 Å². The molecule has 0 atom stereocenters. The molecule has 0 amide bonds. The lowest BCUT2D eigenvalue weighted by Crippen LogP contribution is -2.29. The minimum Gasteiger partial charge on any atom is -0.481 e. The van der Waals surface area contributed by atoms with Crippen molar-refractivity contribution in [2.75, 3.05) is 13.6 Å². The Morgan fingerprint density at radius 3 is 2.68 bits per heavy atom. The molecule has 1 rings (SSSR count). The molecule has 0 radical (unpaired) electrons. The summed E-state index contributed by atoms with van der Waals surface area (Å²) < 4.78 is 25.1. The Hall–Kier alpha value is -1.62. The van der Waals surface area contributed by atoms with Crippen LogP contribution in [0.1, 0.15) is 12.0 Å². The molecule has 0 fully saturated rings. The maximum absolute atomic E-state index is 12.1. The van der Waals surface area contributed by atoms with Crippen molar-refractivity contribution in [2.45, 2.75) is 11.3 Å². The summed E-state index contributed by atoms with van der Waals surface area (Å²) in [5.74, 6) is -1.09. The summed E-state index contributed by atoms with van der Waals surface area (Å²) in [6.45, 7) is -0.151. The second kappa shape index (κ2) is 6.02. The summed E-state index contributed by atoms with van der Waals surface area (Å²) in [5, 5.41) is 17.5. The molecule has 8 heteroatoms. The van der Waals surface area contributed by atoms with Crippen molar-refractivity contribution < 1.29 is 18.3 Å². The van der Waals surface area contributed by atoms with E-state index in [0.29, 0.717) is 0 Å². The van der Waals surface area contributed by atoms with E-state index in [2.05, 4.69) is 0 Å². The first kappa shape index (κ1) is 15.4. The summed E-state index contributed by atoms with van der Waals surface area (Å²) in [7, 11) is -2.55. The maximum Gasteiger partial charge on any atom is 0.304 e. The zero-order chi connectivity index (χ0) is 14.6. The molecule has 1 aromatic rings. The van der Waals surface area contributed by atoms with Gasteiger partial charge in [0.1, 0.15) is 6.07 Å². The third-order valence-electron chi connectivity index (χ3n) is 2.41. The molecule has 0 aromatic heterocycles. The number of rotatable bonds is 5. The third-order valence-corrected chi connectivity index (χ3v) is 4.59. The van der Waals surface area contributed by atoms with E-state index in [-0.39, 0.29) is 28.4 Å². The van der Waals surface area contributed by atoms with Gasteiger partial charge < -0.3 is 5.11 Å². The van der Waals surface area contributed by atoms with E-state index in [1.807, 2.05) is 0 Å². The van der Waals surface area contributed by atoms with Gasteiger partial charge in [-0.25, -0.2) is 12.7 Å². The van der Waals surface area contributed by atoms with Crippen LogP contribution in [0.4, 0.5) is 0 Å². The molecule has 0 bridgehead atoms. The van der Waals surface area contributed by atoms with Crippen LogP contribution in [-0.2, 0) is 14.8 Å². The quantitative estimate of drug-likeness (QED) is 0.884. The fourth-order valence-electron chi connectivity index (χ4n) is 1.30. The highest BCUT2D eigenvalue weighted by Gasteiger charge is 2.22. The molecule has 0 heterocycles. The molecule has 0 spiro atoms. The lowest BCUT2D eigenvalue weighted by molar-refractivity contribution is -0.137. The monoisotopic (exact) mass is 302 g/mol.